The Morgan fingerprint density at radius 2 is 2.36 bits per heavy atom. The first kappa shape index (κ1) is 8.90. The number of nitrogens with zero attached hydrogens (tertiary/aromatic N) is 2. The molecular formula is C10H11N3O. The minimum absolute atomic E-state index is 0.628. The molecule has 2 aromatic heterocycles. The maximum Gasteiger partial charge on any atom is 0.195 e. The van der Waals surface area contributed by atoms with Gasteiger partial charge in [-0.05, 0) is 25.2 Å². The highest BCUT2D eigenvalue weighted by Gasteiger charge is 2.03. The fraction of sp³-hybridized carbons (Fsp3) is 0.200. The molecule has 2 rings (SSSR count). The number of aromatic nitrogens is 2. The molecule has 2 heterocycles. The molecule has 0 saturated heterocycles. The number of furan rings is 1. The molecule has 0 spiro atoms. The van der Waals surface area contributed by atoms with Gasteiger partial charge in [-0.2, -0.15) is 0 Å². The first-order chi connectivity index (χ1) is 6.90. The van der Waals surface area contributed by atoms with Crippen molar-refractivity contribution in [3.63, 3.8) is 0 Å². The fourth-order valence-electron chi connectivity index (χ4n) is 1.20. The van der Waals surface area contributed by atoms with E-state index in [1.165, 1.54) is 0 Å². The van der Waals surface area contributed by atoms with Crippen LogP contribution >= 0.6 is 0 Å². The Bertz CT molecular complexity index is 398. The number of hydrogen-bond acceptors (Lipinski definition) is 4. The van der Waals surface area contributed by atoms with Gasteiger partial charge in [0.05, 0.1) is 12.0 Å². The maximum atomic E-state index is 5.21. The Morgan fingerprint density at radius 3 is 3.07 bits per heavy atom. The Kier molecular flexibility index (Phi) is 2.55. The second kappa shape index (κ2) is 4.02. The van der Waals surface area contributed by atoms with Crippen LogP contribution in [-0.4, -0.2) is 17.0 Å². The van der Waals surface area contributed by atoms with Crippen molar-refractivity contribution in [2.24, 2.45) is 0 Å². The second-order valence-corrected chi connectivity index (χ2v) is 2.88. The van der Waals surface area contributed by atoms with Gasteiger partial charge < -0.3 is 9.73 Å². The minimum Gasteiger partial charge on any atom is -0.461 e. The maximum absolute atomic E-state index is 5.21. The Labute approximate surface area is 82.0 Å². The van der Waals surface area contributed by atoms with Crippen LogP contribution in [0.25, 0.3) is 11.6 Å². The third-order valence-electron chi connectivity index (χ3n) is 1.81. The van der Waals surface area contributed by atoms with Crippen molar-refractivity contribution in [1.29, 1.82) is 0 Å². The molecule has 0 amide bonds. The van der Waals surface area contributed by atoms with Crippen molar-refractivity contribution in [3.05, 3.63) is 36.4 Å². The lowest BCUT2D eigenvalue weighted by molar-refractivity contribution is 0.576. The van der Waals surface area contributed by atoms with Crippen molar-refractivity contribution in [2.75, 3.05) is 7.05 Å². The van der Waals surface area contributed by atoms with Crippen LogP contribution in [0.15, 0.2) is 35.1 Å². The van der Waals surface area contributed by atoms with Gasteiger partial charge in [-0.25, -0.2) is 9.97 Å². The van der Waals surface area contributed by atoms with Gasteiger partial charge >= 0.3 is 0 Å². The summed E-state index contributed by atoms with van der Waals surface area (Å²) in [6, 6.07) is 5.55. The first-order valence-corrected chi connectivity index (χ1v) is 4.40. The Morgan fingerprint density at radius 1 is 1.43 bits per heavy atom. The first-order valence-electron chi connectivity index (χ1n) is 4.40. The predicted molar refractivity (Wildman–Crippen MR) is 52.5 cm³/mol. The van der Waals surface area contributed by atoms with Crippen LogP contribution in [0, 0.1) is 0 Å². The predicted octanol–water partition coefficient (Wildman–Crippen LogP) is 1.46. The van der Waals surface area contributed by atoms with E-state index in [0.29, 0.717) is 11.6 Å². The quantitative estimate of drug-likeness (QED) is 0.794. The number of hydrogen-bond donors (Lipinski definition) is 1. The van der Waals surface area contributed by atoms with Crippen LogP contribution in [0.4, 0.5) is 0 Å². The summed E-state index contributed by atoms with van der Waals surface area (Å²) in [6.07, 6.45) is 3.35. The molecule has 0 aliphatic heterocycles. The molecule has 0 unspecified atom stereocenters. The van der Waals surface area contributed by atoms with E-state index in [4.69, 9.17) is 4.42 Å². The monoisotopic (exact) mass is 189 g/mol. The molecule has 0 aliphatic carbocycles. The van der Waals surface area contributed by atoms with Gasteiger partial charge in [0.2, 0.25) is 0 Å². The molecule has 0 aromatic carbocycles. The zero-order valence-electron chi connectivity index (χ0n) is 7.90. The summed E-state index contributed by atoms with van der Waals surface area (Å²) >= 11 is 0. The molecule has 4 heteroatoms. The van der Waals surface area contributed by atoms with Crippen molar-refractivity contribution in [3.8, 4) is 11.6 Å². The summed E-state index contributed by atoms with van der Waals surface area (Å²) in [6.45, 7) is 0.732. The van der Waals surface area contributed by atoms with Crippen LogP contribution in [0.5, 0.6) is 0 Å². The topological polar surface area (TPSA) is 51.0 Å². The lowest BCUT2D eigenvalue weighted by atomic mass is 10.3. The van der Waals surface area contributed by atoms with Gasteiger partial charge in [0, 0.05) is 12.7 Å². The molecule has 72 valence electrons. The average Bonchev–Trinajstić information content (AvgIpc) is 2.71. The lowest BCUT2D eigenvalue weighted by Gasteiger charge is -2.00. The SMILES string of the molecule is CNCc1ccnc(-c2ccco2)n1. The fourth-order valence-corrected chi connectivity index (χ4v) is 1.20. The normalized spacial score (nSPS) is 10.4. The molecule has 0 atom stereocenters. The standard InChI is InChI=1S/C10H11N3O/c1-11-7-8-4-5-12-10(13-8)9-3-2-6-14-9/h2-6,11H,7H2,1H3. The summed E-state index contributed by atoms with van der Waals surface area (Å²) < 4.78 is 5.21. The molecule has 0 saturated carbocycles. The third-order valence-corrected chi connectivity index (χ3v) is 1.81. The van der Waals surface area contributed by atoms with Gasteiger partial charge in [0.15, 0.2) is 11.6 Å². The van der Waals surface area contributed by atoms with E-state index in [1.54, 1.807) is 12.5 Å². The molecule has 0 fully saturated rings. The summed E-state index contributed by atoms with van der Waals surface area (Å²) in [7, 11) is 1.88. The second-order valence-electron chi connectivity index (χ2n) is 2.88. The zero-order valence-corrected chi connectivity index (χ0v) is 7.90. The molecule has 14 heavy (non-hydrogen) atoms. The molecule has 4 nitrogen and oxygen atoms in total. The third kappa shape index (κ3) is 1.80. The Hall–Kier alpha value is -1.68. The summed E-state index contributed by atoms with van der Waals surface area (Å²) in [5, 5.41) is 3.04. The smallest absolute Gasteiger partial charge is 0.195 e. The Balaban J connectivity index is 2.31. The van der Waals surface area contributed by atoms with E-state index in [9.17, 15) is 0 Å². The highest BCUT2D eigenvalue weighted by molar-refractivity contribution is 5.45. The van der Waals surface area contributed by atoms with E-state index >= 15 is 0 Å². The van der Waals surface area contributed by atoms with Crippen LogP contribution in [0.2, 0.25) is 0 Å². The average molecular weight is 189 g/mol. The largest absolute Gasteiger partial charge is 0.461 e. The lowest BCUT2D eigenvalue weighted by Crippen LogP contribution is -2.07. The van der Waals surface area contributed by atoms with Crippen molar-refractivity contribution in [2.45, 2.75) is 6.54 Å². The van der Waals surface area contributed by atoms with Gasteiger partial charge in [-0.1, -0.05) is 0 Å². The zero-order chi connectivity index (χ0) is 9.80. The van der Waals surface area contributed by atoms with Crippen molar-refractivity contribution in [1.82, 2.24) is 15.3 Å². The van der Waals surface area contributed by atoms with Gasteiger partial charge in [-0.3, -0.25) is 0 Å². The summed E-state index contributed by atoms with van der Waals surface area (Å²) in [5.74, 6) is 1.32. The van der Waals surface area contributed by atoms with E-state index in [1.807, 2.05) is 25.2 Å². The van der Waals surface area contributed by atoms with E-state index < -0.39 is 0 Å². The van der Waals surface area contributed by atoms with E-state index in [0.717, 1.165) is 12.2 Å². The number of nitrogens with one attached hydrogen (secondary N) is 1. The van der Waals surface area contributed by atoms with Gasteiger partial charge in [-0.15, -0.1) is 0 Å². The summed E-state index contributed by atoms with van der Waals surface area (Å²) in [5.41, 5.74) is 0.953. The van der Waals surface area contributed by atoms with Crippen LogP contribution < -0.4 is 5.32 Å². The molecule has 0 bridgehead atoms. The minimum atomic E-state index is 0.628. The molecular weight excluding hydrogens is 178 g/mol. The van der Waals surface area contributed by atoms with Crippen molar-refractivity contribution >= 4 is 0 Å². The molecule has 0 aliphatic rings. The highest BCUT2D eigenvalue weighted by Crippen LogP contribution is 2.14. The summed E-state index contributed by atoms with van der Waals surface area (Å²) in [4.78, 5) is 8.47. The van der Waals surface area contributed by atoms with Gasteiger partial charge in [0.25, 0.3) is 0 Å². The molecule has 2 aromatic rings. The molecule has 1 N–H and O–H groups in total. The number of rotatable bonds is 3. The van der Waals surface area contributed by atoms with E-state index in [-0.39, 0.29) is 0 Å². The van der Waals surface area contributed by atoms with Gasteiger partial charge in [0.1, 0.15) is 0 Å². The van der Waals surface area contributed by atoms with Crippen LogP contribution in [0.1, 0.15) is 5.69 Å². The van der Waals surface area contributed by atoms with Crippen LogP contribution in [-0.2, 0) is 6.54 Å². The highest BCUT2D eigenvalue weighted by atomic mass is 16.3. The van der Waals surface area contributed by atoms with Crippen LogP contribution in [0.3, 0.4) is 0 Å². The molecule has 0 radical (unpaired) electrons. The van der Waals surface area contributed by atoms with E-state index in [2.05, 4.69) is 15.3 Å². The van der Waals surface area contributed by atoms with Crippen molar-refractivity contribution < 1.29 is 4.42 Å².